The highest BCUT2D eigenvalue weighted by molar-refractivity contribution is 5.91. The third kappa shape index (κ3) is 3.66. The number of amides is 1. The van der Waals surface area contributed by atoms with Crippen LogP contribution < -0.4 is 5.73 Å². The van der Waals surface area contributed by atoms with E-state index in [4.69, 9.17) is 5.73 Å². The van der Waals surface area contributed by atoms with Crippen molar-refractivity contribution in [3.05, 3.63) is 28.6 Å². The van der Waals surface area contributed by atoms with Crippen LogP contribution in [0.2, 0.25) is 0 Å². The van der Waals surface area contributed by atoms with E-state index in [1.165, 1.54) is 0 Å². The largest absolute Gasteiger partial charge is 0.393 e. The highest BCUT2D eigenvalue weighted by Crippen LogP contribution is 2.40. The van der Waals surface area contributed by atoms with E-state index < -0.39 is 18.0 Å². The number of halogens is 3. The Balaban J connectivity index is 1.89. The number of piperidine rings is 1. The monoisotopic (exact) mass is 355 g/mol. The Kier molecular flexibility index (Phi) is 4.56. The fourth-order valence-corrected chi connectivity index (χ4v) is 3.99. The second-order valence-electron chi connectivity index (χ2n) is 7.86. The first-order chi connectivity index (χ1) is 11.6. The molecule has 1 aliphatic carbocycles. The lowest BCUT2D eigenvalue weighted by atomic mass is 9.90. The van der Waals surface area contributed by atoms with Crippen LogP contribution in [0.3, 0.4) is 0 Å². The van der Waals surface area contributed by atoms with Gasteiger partial charge in [0.15, 0.2) is 0 Å². The summed E-state index contributed by atoms with van der Waals surface area (Å²) in [6, 6.07) is 1.67. The van der Waals surface area contributed by atoms with E-state index in [1.54, 1.807) is 6.07 Å². The lowest BCUT2D eigenvalue weighted by Crippen LogP contribution is -2.41. The molecular formula is C18H24F3N3O. The van der Waals surface area contributed by atoms with Gasteiger partial charge < -0.3 is 5.73 Å². The fourth-order valence-electron chi connectivity index (χ4n) is 3.99. The molecule has 0 bridgehead atoms. The summed E-state index contributed by atoms with van der Waals surface area (Å²) in [7, 11) is 0. The van der Waals surface area contributed by atoms with E-state index in [0.717, 1.165) is 29.7 Å². The van der Waals surface area contributed by atoms with Crippen LogP contribution in [0.4, 0.5) is 13.2 Å². The van der Waals surface area contributed by atoms with Crippen molar-refractivity contribution in [3.63, 3.8) is 0 Å². The van der Waals surface area contributed by atoms with Gasteiger partial charge in [-0.25, -0.2) is 4.98 Å². The number of carbonyl (C=O) groups is 1. The second-order valence-corrected chi connectivity index (χ2v) is 7.86. The SMILES string of the molecule is CC1(C)CCc2c(CN3CCC[C@H](C(F)(F)F)C3)cc(C(N)=O)nc21. The third-order valence-electron chi connectivity index (χ3n) is 5.47. The van der Waals surface area contributed by atoms with E-state index in [-0.39, 0.29) is 24.1 Å². The maximum absolute atomic E-state index is 13.0. The van der Waals surface area contributed by atoms with Crippen LogP contribution in [0.5, 0.6) is 0 Å². The van der Waals surface area contributed by atoms with Crippen molar-refractivity contribution in [1.82, 2.24) is 9.88 Å². The molecule has 138 valence electrons. The Hall–Kier alpha value is -1.63. The van der Waals surface area contributed by atoms with Crippen molar-refractivity contribution in [3.8, 4) is 0 Å². The van der Waals surface area contributed by atoms with Crippen molar-refractivity contribution >= 4 is 5.91 Å². The first-order valence-corrected chi connectivity index (χ1v) is 8.70. The molecule has 1 saturated heterocycles. The van der Waals surface area contributed by atoms with Gasteiger partial charge >= 0.3 is 6.18 Å². The molecule has 2 aliphatic rings. The number of hydrogen-bond acceptors (Lipinski definition) is 3. The molecule has 0 unspecified atom stereocenters. The molecule has 0 saturated carbocycles. The normalized spacial score (nSPS) is 23.5. The molecule has 1 atom stereocenters. The van der Waals surface area contributed by atoms with Gasteiger partial charge in [-0.15, -0.1) is 0 Å². The molecule has 1 fully saturated rings. The van der Waals surface area contributed by atoms with E-state index in [9.17, 15) is 18.0 Å². The number of aromatic nitrogens is 1. The number of rotatable bonds is 3. The number of hydrogen-bond donors (Lipinski definition) is 1. The Bertz CT molecular complexity index is 685. The topological polar surface area (TPSA) is 59.2 Å². The first kappa shape index (κ1) is 18.2. The van der Waals surface area contributed by atoms with E-state index in [2.05, 4.69) is 18.8 Å². The minimum atomic E-state index is -4.15. The Labute approximate surface area is 145 Å². The Morgan fingerprint density at radius 1 is 1.44 bits per heavy atom. The van der Waals surface area contributed by atoms with Crippen molar-refractivity contribution in [2.75, 3.05) is 13.1 Å². The number of alkyl halides is 3. The van der Waals surface area contributed by atoms with E-state index in [0.29, 0.717) is 19.5 Å². The summed E-state index contributed by atoms with van der Waals surface area (Å²) in [6.07, 6.45) is -1.69. The smallest absolute Gasteiger partial charge is 0.364 e. The predicted octanol–water partition coefficient (Wildman–Crippen LogP) is 3.18. The van der Waals surface area contributed by atoms with Gasteiger partial charge in [-0.1, -0.05) is 13.8 Å². The van der Waals surface area contributed by atoms with E-state index in [1.807, 2.05) is 4.90 Å². The summed E-state index contributed by atoms with van der Waals surface area (Å²) in [5.41, 5.74) is 8.30. The summed E-state index contributed by atoms with van der Waals surface area (Å²) in [6.45, 7) is 5.20. The minimum Gasteiger partial charge on any atom is -0.364 e. The highest BCUT2D eigenvalue weighted by atomic mass is 19.4. The van der Waals surface area contributed by atoms with Crippen LogP contribution in [-0.4, -0.2) is 35.1 Å². The summed E-state index contributed by atoms with van der Waals surface area (Å²) >= 11 is 0. The zero-order valence-electron chi connectivity index (χ0n) is 14.6. The van der Waals surface area contributed by atoms with Gasteiger partial charge in [0.05, 0.1) is 11.6 Å². The second kappa shape index (κ2) is 6.27. The predicted molar refractivity (Wildman–Crippen MR) is 88.2 cm³/mol. The maximum atomic E-state index is 13.0. The number of nitrogens with two attached hydrogens (primary N) is 1. The lowest BCUT2D eigenvalue weighted by molar-refractivity contribution is -0.187. The van der Waals surface area contributed by atoms with Crippen LogP contribution in [0.25, 0.3) is 0 Å². The van der Waals surface area contributed by atoms with Gasteiger partial charge in [0.2, 0.25) is 0 Å². The molecule has 7 heteroatoms. The van der Waals surface area contributed by atoms with Crippen LogP contribution in [0.15, 0.2) is 6.07 Å². The standard InChI is InChI=1S/C18H24F3N3O/c1-17(2)6-5-13-11(8-14(16(22)25)23-15(13)17)9-24-7-3-4-12(10-24)18(19,20)21/h8,12H,3-7,9-10H2,1-2H3,(H2,22,25)/t12-/m0/s1. The molecule has 0 aromatic carbocycles. The zero-order chi connectivity index (χ0) is 18.4. The summed E-state index contributed by atoms with van der Waals surface area (Å²) in [4.78, 5) is 17.9. The van der Waals surface area contributed by atoms with Crippen molar-refractivity contribution in [1.29, 1.82) is 0 Å². The molecule has 4 nitrogen and oxygen atoms in total. The molecule has 1 amide bonds. The van der Waals surface area contributed by atoms with Crippen molar-refractivity contribution in [2.24, 2.45) is 11.7 Å². The molecule has 0 radical (unpaired) electrons. The van der Waals surface area contributed by atoms with Crippen LogP contribution in [0.1, 0.15) is 60.4 Å². The number of carbonyl (C=O) groups excluding carboxylic acids is 1. The van der Waals surface area contributed by atoms with Gasteiger partial charge in [0.25, 0.3) is 5.91 Å². The average molecular weight is 355 g/mol. The van der Waals surface area contributed by atoms with Crippen LogP contribution in [0, 0.1) is 5.92 Å². The summed E-state index contributed by atoms with van der Waals surface area (Å²) < 4.78 is 39.1. The van der Waals surface area contributed by atoms with Crippen molar-refractivity contribution < 1.29 is 18.0 Å². The van der Waals surface area contributed by atoms with Gasteiger partial charge in [0.1, 0.15) is 5.69 Å². The van der Waals surface area contributed by atoms with Gasteiger partial charge in [-0.2, -0.15) is 13.2 Å². The van der Waals surface area contributed by atoms with Crippen LogP contribution in [-0.2, 0) is 18.4 Å². The molecule has 1 aromatic heterocycles. The Morgan fingerprint density at radius 2 is 2.16 bits per heavy atom. The number of likely N-dealkylation sites (tertiary alicyclic amines) is 1. The molecule has 0 spiro atoms. The minimum absolute atomic E-state index is 0.00982. The maximum Gasteiger partial charge on any atom is 0.393 e. The molecular weight excluding hydrogens is 331 g/mol. The number of fused-ring (bicyclic) bond motifs is 1. The molecule has 1 aromatic rings. The molecule has 25 heavy (non-hydrogen) atoms. The highest BCUT2D eigenvalue weighted by Gasteiger charge is 2.42. The van der Waals surface area contributed by atoms with Gasteiger partial charge in [0, 0.05) is 18.5 Å². The lowest BCUT2D eigenvalue weighted by Gasteiger charge is -2.34. The molecule has 1 aliphatic heterocycles. The summed E-state index contributed by atoms with van der Waals surface area (Å²) in [5.74, 6) is -1.87. The van der Waals surface area contributed by atoms with Gasteiger partial charge in [-0.05, 0) is 49.4 Å². The zero-order valence-corrected chi connectivity index (χ0v) is 14.6. The third-order valence-corrected chi connectivity index (χ3v) is 5.47. The quantitative estimate of drug-likeness (QED) is 0.906. The van der Waals surface area contributed by atoms with Crippen LogP contribution >= 0.6 is 0 Å². The number of nitrogens with zero attached hydrogens (tertiary/aromatic N) is 2. The Morgan fingerprint density at radius 3 is 2.80 bits per heavy atom. The van der Waals surface area contributed by atoms with Crippen molar-refractivity contribution in [2.45, 2.75) is 57.7 Å². The summed E-state index contributed by atoms with van der Waals surface area (Å²) in [5, 5.41) is 0. The first-order valence-electron chi connectivity index (χ1n) is 8.70. The van der Waals surface area contributed by atoms with Gasteiger partial charge in [-0.3, -0.25) is 9.69 Å². The molecule has 2 N–H and O–H groups in total. The fraction of sp³-hybridized carbons (Fsp3) is 0.667. The average Bonchev–Trinajstić information content (AvgIpc) is 2.82. The molecule has 3 rings (SSSR count). The number of primary amides is 1. The number of pyridine rings is 1. The molecule has 2 heterocycles. The van der Waals surface area contributed by atoms with E-state index >= 15 is 0 Å².